The zero-order valence-electron chi connectivity index (χ0n) is 16.8. The fourth-order valence-corrected chi connectivity index (χ4v) is 2.56. The number of hydrogen-bond acceptors (Lipinski definition) is 4. The third-order valence-electron chi connectivity index (χ3n) is 4.27. The summed E-state index contributed by atoms with van der Waals surface area (Å²) in [6.45, 7) is 10.6. The molecule has 29 heavy (non-hydrogen) atoms. The molecule has 5 heteroatoms. The van der Waals surface area contributed by atoms with Crippen LogP contribution >= 0.6 is 0 Å². The maximum absolute atomic E-state index is 14.4. The molecule has 0 aliphatic heterocycles. The van der Waals surface area contributed by atoms with E-state index in [1.165, 1.54) is 6.07 Å². The van der Waals surface area contributed by atoms with Crippen LogP contribution in [-0.4, -0.2) is 25.2 Å². The average molecular weight is 396 g/mol. The number of carbonyl (C=O) groups is 2. The van der Waals surface area contributed by atoms with E-state index in [9.17, 15) is 14.0 Å². The highest BCUT2D eigenvalue weighted by molar-refractivity contribution is 5.87. The predicted molar refractivity (Wildman–Crippen MR) is 111 cm³/mol. The lowest BCUT2D eigenvalue weighted by molar-refractivity contribution is -0.139. The van der Waals surface area contributed by atoms with Crippen molar-refractivity contribution in [2.75, 3.05) is 13.2 Å². The summed E-state index contributed by atoms with van der Waals surface area (Å²) in [6.07, 6.45) is 0.891. The molecule has 0 spiro atoms. The van der Waals surface area contributed by atoms with Crippen LogP contribution in [-0.2, 0) is 31.9 Å². The van der Waals surface area contributed by atoms with Crippen LogP contribution in [0.3, 0.4) is 0 Å². The molecule has 0 amide bonds. The molecule has 0 atom stereocenters. The number of benzene rings is 2. The van der Waals surface area contributed by atoms with Gasteiger partial charge < -0.3 is 9.47 Å². The molecular formula is C24H25FO4. The van der Waals surface area contributed by atoms with Crippen molar-refractivity contribution < 1.29 is 23.5 Å². The predicted octanol–water partition coefficient (Wildman–Crippen LogP) is 4.82. The maximum Gasteiger partial charge on any atom is 0.333 e. The number of rotatable bonds is 9. The Balaban J connectivity index is 1.94. The summed E-state index contributed by atoms with van der Waals surface area (Å²) >= 11 is 0. The molecule has 0 aromatic heterocycles. The van der Waals surface area contributed by atoms with Crippen molar-refractivity contribution in [3.63, 3.8) is 0 Å². The maximum atomic E-state index is 14.4. The van der Waals surface area contributed by atoms with Crippen LogP contribution in [0.2, 0.25) is 0 Å². The minimum absolute atomic E-state index is 0.104. The van der Waals surface area contributed by atoms with Crippen LogP contribution in [0.25, 0.3) is 11.1 Å². The first-order valence-electron chi connectivity index (χ1n) is 9.31. The van der Waals surface area contributed by atoms with Crippen LogP contribution in [0.15, 0.2) is 66.8 Å². The number of hydrogen-bond donors (Lipinski definition) is 0. The second kappa shape index (κ2) is 10.4. The topological polar surface area (TPSA) is 52.6 Å². The molecular weight excluding hydrogens is 371 g/mol. The number of halogens is 1. The van der Waals surface area contributed by atoms with Gasteiger partial charge in [-0.1, -0.05) is 49.6 Å². The van der Waals surface area contributed by atoms with E-state index in [2.05, 4.69) is 13.2 Å². The quantitative estimate of drug-likeness (QED) is 0.451. The number of ether oxygens (including phenoxy) is 2. The first-order valence-corrected chi connectivity index (χ1v) is 9.31. The van der Waals surface area contributed by atoms with Crippen molar-refractivity contribution in [2.24, 2.45) is 0 Å². The highest BCUT2D eigenvalue weighted by atomic mass is 19.1. The third-order valence-corrected chi connectivity index (χ3v) is 4.27. The van der Waals surface area contributed by atoms with E-state index in [0.29, 0.717) is 29.6 Å². The Hall–Kier alpha value is -3.21. The lowest BCUT2D eigenvalue weighted by Crippen LogP contribution is -2.08. The monoisotopic (exact) mass is 396 g/mol. The van der Waals surface area contributed by atoms with Crippen LogP contribution in [0, 0.1) is 5.82 Å². The van der Waals surface area contributed by atoms with Gasteiger partial charge in [-0.05, 0) is 42.2 Å². The number of carbonyl (C=O) groups excluding carboxylic acids is 2. The molecule has 0 fully saturated rings. The van der Waals surface area contributed by atoms with Crippen molar-refractivity contribution >= 4 is 11.9 Å². The molecule has 152 valence electrons. The fraction of sp³-hybridized carbons (Fsp3) is 0.250. The van der Waals surface area contributed by atoms with Gasteiger partial charge >= 0.3 is 11.9 Å². The molecule has 0 saturated carbocycles. The van der Waals surface area contributed by atoms with E-state index >= 15 is 0 Å². The molecule has 0 unspecified atom stereocenters. The fourth-order valence-electron chi connectivity index (χ4n) is 2.56. The second-order valence-corrected chi connectivity index (χ2v) is 6.84. The van der Waals surface area contributed by atoms with Crippen LogP contribution in [0.4, 0.5) is 4.39 Å². The Labute approximate surface area is 170 Å². The summed E-state index contributed by atoms with van der Waals surface area (Å²) in [7, 11) is 0. The van der Waals surface area contributed by atoms with Gasteiger partial charge in [0.25, 0.3) is 0 Å². The van der Waals surface area contributed by atoms with E-state index in [1.54, 1.807) is 19.9 Å². The van der Waals surface area contributed by atoms with E-state index in [-0.39, 0.29) is 19.0 Å². The smallest absolute Gasteiger partial charge is 0.333 e. The van der Waals surface area contributed by atoms with Crippen molar-refractivity contribution in [1.29, 1.82) is 0 Å². The minimum Gasteiger partial charge on any atom is -0.462 e. The van der Waals surface area contributed by atoms with Crippen molar-refractivity contribution in [2.45, 2.75) is 26.7 Å². The molecule has 0 N–H and O–H groups in total. The second-order valence-electron chi connectivity index (χ2n) is 6.84. The van der Waals surface area contributed by atoms with Crippen molar-refractivity contribution in [3.8, 4) is 11.1 Å². The summed E-state index contributed by atoms with van der Waals surface area (Å²) in [5.74, 6) is -1.22. The first-order chi connectivity index (χ1) is 13.8. The highest BCUT2D eigenvalue weighted by Gasteiger charge is 2.08. The normalized spacial score (nSPS) is 10.3. The zero-order valence-corrected chi connectivity index (χ0v) is 16.8. The van der Waals surface area contributed by atoms with Crippen LogP contribution < -0.4 is 0 Å². The van der Waals surface area contributed by atoms with E-state index < -0.39 is 11.9 Å². The van der Waals surface area contributed by atoms with E-state index in [0.717, 1.165) is 16.7 Å². The van der Waals surface area contributed by atoms with Gasteiger partial charge in [-0.3, -0.25) is 0 Å². The summed E-state index contributed by atoms with van der Waals surface area (Å²) in [5.41, 5.74) is 3.83. The Morgan fingerprint density at radius 1 is 0.828 bits per heavy atom. The van der Waals surface area contributed by atoms with Gasteiger partial charge in [0.1, 0.15) is 5.82 Å². The molecule has 2 aromatic carbocycles. The lowest BCUT2D eigenvalue weighted by atomic mass is 10.0. The molecule has 0 heterocycles. The van der Waals surface area contributed by atoms with Gasteiger partial charge in [0.05, 0.1) is 13.2 Å². The molecule has 4 nitrogen and oxygen atoms in total. The molecule has 2 aromatic rings. The van der Waals surface area contributed by atoms with E-state index in [4.69, 9.17) is 9.47 Å². The van der Waals surface area contributed by atoms with Gasteiger partial charge in [-0.25, -0.2) is 14.0 Å². The Bertz CT molecular complexity index is 913. The van der Waals surface area contributed by atoms with Crippen molar-refractivity contribution in [3.05, 3.63) is 83.7 Å². The first kappa shape index (κ1) is 22.1. The molecule has 0 saturated heterocycles. The third kappa shape index (κ3) is 6.71. The van der Waals surface area contributed by atoms with Gasteiger partial charge in [0.2, 0.25) is 0 Å². The van der Waals surface area contributed by atoms with Gasteiger partial charge in [-0.2, -0.15) is 0 Å². The zero-order chi connectivity index (χ0) is 21.4. The molecule has 0 aliphatic carbocycles. The molecule has 0 bridgehead atoms. The average Bonchev–Trinajstić information content (AvgIpc) is 2.69. The number of esters is 2. The molecule has 0 radical (unpaired) electrons. The summed E-state index contributed by atoms with van der Waals surface area (Å²) in [6, 6.07) is 12.7. The summed E-state index contributed by atoms with van der Waals surface area (Å²) < 4.78 is 24.5. The van der Waals surface area contributed by atoms with Crippen LogP contribution in [0.1, 0.15) is 25.0 Å². The minimum atomic E-state index is -0.475. The Morgan fingerprint density at radius 2 is 1.34 bits per heavy atom. The van der Waals surface area contributed by atoms with Gasteiger partial charge in [0.15, 0.2) is 0 Å². The summed E-state index contributed by atoms with van der Waals surface area (Å²) in [5, 5.41) is 0. The largest absolute Gasteiger partial charge is 0.462 e. The van der Waals surface area contributed by atoms with Gasteiger partial charge in [0, 0.05) is 24.0 Å². The summed E-state index contributed by atoms with van der Waals surface area (Å²) in [4.78, 5) is 22.7. The lowest BCUT2D eigenvalue weighted by Gasteiger charge is -2.09. The van der Waals surface area contributed by atoms with Gasteiger partial charge in [-0.15, -0.1) is 0 Å². The van der Waals surface area contributed by atoms with Crippen molar-refractivity contribution in [1.82, 2.24) is 0 Å². The highest BCUT2D eigenvalue weighted by Crippen LogP contribution is 2.23. The molecule has 2 rings (SSSR count). The van der Waals surface area contributed by atoms with Crippen LogP contribution in [0.5, 0.6) is 0 Å². The SMILES string of the molecule is C=C(C)C(=O)OCCc1ccc(-c2ccc(CCOC(=O)C(=C)C)c(F)c2)cc1. The Morgan fingerprint density at radius 3 is 1.86 bits per heavy atom. The molecule has 0 aliphatic rings. The standard InChI is InChI=1S/C24H25FO4/c1-16(2)23(26)28-13-11-18-5-7-19(8-6-18)21-10-9-20(22(25)15-21)12-14-29-24(27)17(3)4/h5-10,15H,1,3,11-14H2,2,4H3. The Kier molecular flexibility index (Phi) is 7.89. The van der Waals surface area contributed by atoms with E-state index in [1.807, 2.05) is 30.3 Å².